The predicted octanol–water partition coefficient (Wildman–Crippen LogP) is 4.59. The van der Waals surface area contributed by atoms with Crippen molar-refractivity contribution in [3.05, 3.63) is 21.9 Å². The minimum atomic E-state index is 0.224. The summed E-state index contributed by atoms with van der Waals surface area (Å²) in [4.78, 5) is 4.07. The van der Waals surface area contributed by atoms with Gasteiger partial charge in [-0.05, 0) is 42.8 Å². The van der Waals surface area contributed by atoms with Crippen molar-refractivity contribution in [2.45, 2.75) is 66.0 Å². The van der Waals surface area contributed by atoms with E-state index in [4.69, 9.17) is 5.73 Å². The van der Waals surface area contributed by atoms with E-state index in [1.54, 1.807) is 0 Å². The average molecular weight is 297 g/mol. The van der Waals surface area contributed by atoms with Gasteiger partial charge in [0.1, 0.15) is 0 Å². The number of thiophene rings is 1. The minimum absolute atomic E-state index is 0.224. The zero-order valence-corrected chi connectivity index (χ0v) is 14.7. The van der Waals surface area contributed by atoms with Gasteiger partial charge in [-0.25, -0.2) is 0 Å². The summed E-state index contributed by atoms with van der Waals surface area (Å²) in [6.07, 6.45) is 3.54. The molecule has 1 aromatic rings. The van der Waals surface area contributed by atoms with E-state index in [9.17, 15) is 0 Å². The number of rotatable bonds is 9. The van der Waals surface area contributed by atoms with Crippen LogP contribution >= 0.6 is 11.3 Å². The molecule has 0 aliphatic carbocycles. The van der Waals surface area contributed by atoms with E-state index in [2.05, 4.69) is 51.0 Å². The van der Waals surface area contributed by atoms with Crippen LogP contribution in [0.5, 0.6) is 0 Å². The summed E-state index contributed by atoms with van der Waals surface area (Å²) in [6, 6.07) is 2.83. The molecule has 1 aromatic heterocycles. The molecule has 0 amide bonds. The lowest BCUT2D eigenvalue weighted by atomic mass is 9.97. The zero-order chi connectivity index (χ0) is 15.1. The quantitative estimate of drug-likeness (QED) is 0.722. The maximum absolute atomic E-state index is 6.48. The Bertz CT molecular complexity index is 371. The van der Waals surface area contributed by atoms with E-state index >= 15 is 0 Å². The summed E-state index contributed by atoms with van der Waals surface area (Å²) < 4.78 is 0. The number of hydrogen-bond donors (Lipinski definition) is 1. The summed E-state index contributed by atoms with van der Waals surface area (Å²) in [5.41, 5.74) is 7.87. The van der Waals surface area contributed by atoms with Crippen LogP contribution in [0.15, 0.2) is 11.4 Å². The highest BCUT2D eigenvalue weighted by Gasteiger charge is 2.28. The Morgan fingerprint density at radius 3 is 2.20 bits per heavy atom. The molecule has 0 radical (unpaired) electrons. The number of likely N-dealkylation sites (N-methyl/N-ethyl adjacent to an activating group) is 1. The fourth-order valence-corrected chi connectivity index (χ4v) is 4.00. The topological polar surface area (TPSA) is 29.3 Å². The third kappa shape index (κ3) is 4.31. The van der Waals surface area contributed by atoms with Crippen molar-refractivity contribution in [3.8, 4) is 0 Å². The van der Waals surface area contributed by atoms with E-state index < -0.39 is 0 Å². The molecule has 116 valence electrons. The van der Waals surface area contributed by atoms with E-state index in [0.717, 1.165) is 18.9 Å². The maximum atomic E-state index is 6.48. The lowest BCUT2D eigenvalue weighted by molar-refractivity contribution is 0.149. The Kier molecular flexibility index (Phi) is 7.78. The standard InChI is InChI=1S/C17H32N2S/c1-6-14(7-2)12-19(9-4)16(15(18)8-3)17-13(5)10-11-20-17/h10-11,14-16H,6-9,12,18H2,1-5H3. The smallest absolute Gasteiger partial charge is 0.0596 e. The maximum Gasteiger partial charge on any atom is 0.0596 e. The molecule has 0 fully saturated rings. The molecule has 0 aliphatic rings. The second-order valence-corrected chi connectivity index (χ2v) is 6.70. The Hall–Kier alpha value is -0.380. The molecule has 3 heteroatoms. The Morgan fingerprint density at radius 1 is 1.15 bits per heavy atom. The molecule has 2 unspecified atom stereocenters. The molecule has 1 heterocycles. The van der Waals surface area contributed by atoms with E-state index in [1.807, 2.05) is 11.3 Å². The molecule has 2 nitrogen and oxygen atoms in total. The third-order valence-corrected chi connectivity index (χ3v) is 5.58. The molecule has 0 aromatic carbocycles. The van der Waals surface area contributed by atoms with Crippen molar-refractivity contribution >= 4 is 11.3 Å². The van der Waals surface area contributed by atoms with Crippen LogP contribution in [0.2, 0.25) is 0 Å². The van der Waals surface area contributed by atoms with Crippen molar-refractivity contribution in [1.82, 2.24) is 4.90 Å². The Balaban J connectivity index is 2.99. The summed E-state index contributed by atoms with van der Waals surface area (Å²) in [6.45, 7) is 13.5. The predicted molar refractivity (Wildman–Crippen MR) is 91.4 cm³/mol. The monoisotopic (exact) mass is 296 g/mol. The van der Waals surface area contributed by atoms with Crippen molar-refractivity contribution in [2.75, 3.05) is 13.1 Å². The highest BCUT2D eigenvalue weighted by Crippen LogP contribution is 2.32. The molecular formula is C17H32N2S. The lowest BCUT2D eigenvalue weighted by Crippen LogP contribution is -2.42. The van der Waals surface area contributed by atoms with Gasteiger partial charge in [0.25, 0.3) is 0 Å². The summed E-state index contributed by atoms with van der Waals surface area (Å²) in [7, 11) is 0. The van der Waals surface area contributed by atoms with Gasteiger partial charge in [-0.15, -0.1) is 11.3 Å². The van der Waals surface area contributed by atoms with E-state index in [0.29, 0.717) is 6.04 Å². The van der Waals surface area contributed by atoms with Crippen LogP contribution in [0.4, 0.5) is 0 Å². The van der Waals surface area contributed by atoms with E-state index in [-0.39, 0.29) is 6.04 Å². The van der Waals surface area contributed by atoms with Crippen LogP contribution in [-0.4, -0.2) is 24.0 Å². The molecule has 0 saturated carbocycles. The first-order valence-electron chi connectivity index (χ1n) is 8.12. The first-order chi connectivity index (χ1) is 9.58. The van der Waals surface area contributed by atoms with Crippen LogP contribution < -0.4 is 5.73 Å². The fraction of sp³-hybridized carbons (Fsp3) is 0.765. The number of nitrogens with two attached hydrogens (primary N) is 1. The number of nitrogens with zero attached hydrogens (tertiary/aromatic N) is 1. The Labute approximate surface area is 129 Å². The van der Waals surface area contributed by atoms with Gasteiger partial charge >= 0.3 is 0 Å². The highest BCUT2D eigenvalue weighted by molar-refractivity contribution is 7.10. The molecule has 20 heavy (non-hydrogen) atoms. The number of hydrogen-bond acceptors (Lipinski definition) is 3. The first kappa shape index (κ1) is 17.7. The fourth-order valence-electron chi connectivity index (χ4n) is 2.86. The molecule has 2 N–H and O–H groups in total. The highest BCUT2D eigenvalue weighted by atomic mass is 32.1. The van der Waals surface area contributed by atoms with Crippen molar-refractivity contribution < 1.29 is 0 Å². The lowest BCUT2D eigenvalue weighted by Gasteiger charge is -2.36. The first-order valence-corrected chi connectivity index (χ1v) is 9.00. The summed E-state index contributed by atoms with van der Waals surface area (Å²) in [5.74, 6) is 0.779. The molecule has 0 spiro atoms. The van der Waals surface area contributed by atoms with Crippen molar-refractivity contribution in [2.24, 2.45) is 11.7 Å². The average Bonchev–Trinajstić information content (AvgIpc) is 2.88. The van der Waals surface area contributed by atoms with Crippen LogP contribution in [-0.2, 0) is 0 Å². The molecule has 0 saturated heterocycles. The van der Waals surface area contributed by atoms with Crippen LogP contribution in [0.25, 0.3) is 0 Å². The Morgan fingerprint density at radius 2 is 1.80 bits per heavy atom. The van der Waals surface area contributed by atoms with Gasteiger partial charge < -0.3 is 5.73 Å². The summed E-state index contributed by atoms with van der Waals surface area (Å²) in [5, 5.41) is 2.20. The third-order valence-electron chi connectivity index (χ3n) is 4.49. The molecule has 2 atom stereocenters. The second kappa shape index (κ2) is 8.81. The van der Waals surface area contributed by atoms with Crippen LogP contribution in [0, 0.1) is 12.8 Å². The molecule has 0 bridgehead atoms. The minimum Gasteiger partial charge on any atom is -0.326 e. The molecular weight excluding hydrogens is 264 g/mol. The van der Waals surface area contributed by atoms with Gasteiger partial charge in [-0.2, -0.15) is 0 Å². The molecule has 1 rings (SSSR count). The zero-order valence-electron chi connectivity index (χ0n) is 13.9. The summed E-state index contributed by atoms with van der Waals surface area (Å²) >= 11 is 1.87. The van der Waals surface area contributed by atoms with Crippen molar-refractivity contribution in [1.29, 1.82) is 0 Å². The van der Waals surface area contributed by atoms with Gasteiger partial charge in [0.2, 0.25) is 0 Å². The van der Waals surface area contributed by atoms with Gasteiger partial charge in [0, 0.05) is 17.5 Å². The van der Waals surface area contributed by atoms with Gasteiger partial charge in [0.15, 0.2) is 0 Å². The largest absolute Gasteiger partial charge is 0.326 e. The van der Waals surface area contributed by atoms with Gasteiger partial charge in [-0.1, -0.05) is 40.5 Å². The van der Waals surface area contributed by atoms with Gasteiger partial charge in [0.05, 0.1) is 6.04 Å². The van der Waals surface area contributed by atoms with Gasteiger partial charge in [-0.3, -0.25) is 4.90 Å². The van der Waals surface area contributed by atoms with E-state index in [1.165, 1.54) is 29.8 Å². The second-order valence-electron chi connectivity index (χ2n) is 5.75. The SMILES string of the molecule is CCC(CC)CN(CC)C(c1sccc1C)C(N)CC. The normalized spacial score (nSPS) is 15.0. The van der Waals surface area contributed by atoms with Crippen molar-refractivity contribution in [3.63, 3.8) is 0 Å². The van der Waals surface area contributed by atoms with Crippen LogP contribution in [0.3, 0.4) is 0 Å². The van der Waals surface area contributed by atoms with Crippen LogP contribution in [0.1, 0.15) is 63.4 Å². The number of aryl methyl sites for hydroxylation is 1. The molecule has 0 aliphatic heterocycles.